The van der Waals surface area contributed by atoms with E-state index in [0.717, 1.165) is 12.2 Å². The van der Waals surface area contributed by atoms with Crippen LogP contribution in [0.4, 0.5) is 0 Å². The number of carbonyl (C=O) groups excluding carboxylic acids is 3. The molecule has 0 aliphatic heterocycles. The van der Waals surface area contributed by atoms with E-state index < -0.39 is 18.2 Å². The van der Waals surface area contributed by atoms with Gasteiger partial charge in [0.05, 0.1) is 6.61 Å². The number of rotatable bonds is 5. The van der Waals surface area contributed by atoms with E-state index in [-0.39, 0.29) is 6.61 Å². The molecule has 6 heteroatoms. The Kier molecular flexibility index (Phi) is 6.50. The third-order valence-electron chi connectivity index (χ3n) is 1.16. The highest BCUT2D eigenvalue weighted by Gasteiger charge is 2.04. The molecule has 0 amide bonds. The lowest BCUT2D eigenvalue weighted by Gasteiger charge is -2.02. The van der Waals surface area contributed by atoms with Crippen LogP contribution in [0.2, 0.25) is 0 Å². The molecular formula is C9H11NO5. The highest BCUT2D eigenvalue weighted by atomic mass is 16.6. The molecular weight excluding hydrogens is 202 g/mol. The molecule has 0 aromatic carbocycles. The number of isocyanates is 1. The molecule has 0 rings (SSSR count). The highest BCUT2D eigenvalue weighted by molar-refractivity contribution is 5.91. The average Bonchev–Trinajstić information content (AvgIpc) is 2.15. The minimum atomic E-state index is -0.915. The van der Waals surface area contributed by atoms with Gasteiger partial charge in [0.25, 0.3) is 0 Å². The van der Waals surface area contributed by atoms with Crippen molar-refractivity contribution in [2.24, 2.45) is 4.99 Å². The van der Waals surface area contributed by atoms with Crippen molar-refractivity contribution in [2.45, 2.75) is 20.1 Å². The lowest BCUT2D eigenvalue weighted by atomic mass is 10.5. The Morgan fingerprint density at radius 3 is 2.53 bits per heavy atom. The summed E-state index contributed by atoms with van der Waals surface area (Å²) in [6.07, 6.45) is 2.16. The van der Waals surface area contributed by atoms with Crippen molar-refractivity contribution in [3.05, 3.63) is 12.2 Å². The smallest absolute Gasteiger partial charge is 0.333 e. The molecule has 0 saturated heterocycles. The second-order valence-electron chi connectivity index (χ2n) is 2.34. The monoisotopic (exact) mass is 213 g/mol. The zero-order valence-electron chi connectivity index (χ0n) is 8.43. The first kappa shape index (κ1) is 13.1. The van der Waals surface area contributed by atoms with Crippen LogP contribution in [0, 0.1) is 0 Å². The maximum Gasteiger partial charge on any atom is 0.333 e. The first-order valence-electron chi connectivity index (χ1n) is 4.22. The van der Waals surface area contributed by atoms with E-state index in [9.17, 15) is 14.4 Å². The summed E-state index contributed by atoms with van der Waals surface area (Å²) in [5.74, 6) is -1.42. The van der Waals surface area contributed by atoms with E-state index >= 15 is 0 Å². The van der Waals surface area contributed by atoms with Crippen LogP contribution in [0.25, 0.3) is 0 Å². The Balaban J connectivity index is 4.02. The van der Waals surface area contributed by atoms with Crippen LogP contribution in [0.3, 0.4) is 0 Å². The maximum absolute atomic E-state index is 10.9. The largest absolute Gasteiger partial charge is 0.463 e. The van der Waals surface area contributed by atoms with Gasteiger partial charge in [-0.25, -0.2) is 14.4 Å². The van der Waals surface area contributed by atoms with E-state index in [0.29, 0.717) is 0 Å². The normalized spacial score (nSPS) is 11.6. The minimum absolute atomic E-state index is 0.226. The lowest BCUT2D eigenvalue weighted by molar-refractivity contribution is -0.143. The molecule has 0 aliphatic carbocycles. The molecule has 6 nitrogen and oxygen atoms in total. The molecule has 82 valence electrons. The van der Waals surface area contributed by atoms with Crippen molar-refractivity contribution >= 4 is 18.0 Å². The maximum atomic E-state index is 10.9. The molecule has 15 heavy (non-hydrogen) atoms. The summed E-state index contributed by atoms with van der Waals surface area (Å²) in [5.41, 5.74) is 0. The van der Waals surface area contributed by atoms with Crippen LogP contribution in [-0.2, 0) is 23.9 Å². The van der Waals surface area contributed by atoms with Gasteiger partial charge in [0.1, 0.15) is 0 Å². The van der Waals surface area contributed by atoms with E-state index in [1.165, 1.54) is 13.0 Å². The van der Waals surface area contributed by atoms with Gasteiger partial charge in [-0.05, 0) is 13.8 Å². The van der Waals surface area contributed by atoms with Gasteiger partial charge in [-0.15, -0.1) is 0 Å². The number of hydrogen-bond donors (Lipinski definition) is 0. The predicted molar refractivity (Wildman–Crippen MR) is 49.4 cm³/mol. The molecule has 0 aromatic rings. The topological polar surface area (TPSA) is 82.0 Å². The molecule has 0 spiro atoms. The van der Waals surface area contributed by atoms with E-state index in [1.807, 2.05) is 0 Å². The van der Waals surface area contributed by atoms with Crippen LogP contribution in [-0.4, -0.2) is 30.9 Å². The van der Waals surface area contributed by atoms with Gasteiger partial charge in [-0.3, -0.25) is 0 Å². The summed E-state index contributed by atoms with van der Waals surface area (Å²) in [5, 5.41) is 0. The van der Waals surface area contributed by atoms with Crippen molar-refractivity contribution in [3.63, 3.8) is 0 Å². The Hall–Kier alpha value is -1.94. The molecule has 0 saturated carbocycles. The summed E-state index contributed by atoms with van der Waals surface area (Å²) < 4.78 is 9.08. The van der Waals surface area contributed by atoms with Gasteiger partial charge in [-0.1, -0.05) is 0 Å². The SMILES string of the molecule is CCOC(=O)/C=C\C(=O)OC(C)N=C=O. The van der Waals surface area contributed by atoms with Crippen LogP contribution >= 0.6 is 0 Å². The molecule has 0 N–H and O–H groups in total. The quantitative estimate of drug-likeness (QED) is 0.284. The van der Waals surface area contributed by atoms with Gasteiger partial charge in [0, 0.05) is 12.2 Å². The van der Waals surface area contributed by atoms with Crippen LogP contribution < -0.4 is 0 Å². The number of hydrogen-bond acceptors (Lipinski definition) is 6. The molecule has 1 unspecified atom stereocenters. The molecule has 0 radical (unpaired) electrons. The first-order chi connectivity index (χ1) is 7.10. The summed E-state index contributed by atoms with van der Waals surface area (Å²) in [4.78, 5) is 34.6. The molecule has 1 atom stereocenters. The molecule has 0 fully saturated rings. The van der Waals surface area contributed by atoms with Crippen LogP contribution in [0.5, 0.6) is 0 Å². The van der Waals surface area contributed by atoms with E-state index in [4.69, 9.17) is 0 Å². The Morgan fingerprint density at radius 1 is 1.40 bits per heavy atom. The van der Waals surface area contributed by atoms with Crippen molar-refractivity contribution in [3.8, 4) is 0 Å². The second kappa shape index (κ2) is 7.46. The summed E-state index contributed by atoms with van der Waals surface area (Å²) in [7, 11) is 0. The van der Waals surface area contributed by atoms with Crippen molar-refractivity contribution in [1.29, 1.82) is 0 Å². The van der Waals surface area contributed by atoms with Crippen LogP contribution in [0.1, 0.15) is 13.8 Å². The summed E-state index contributed by atoms with van der Waals surface area (Å²) >= 11 is 0. The van der Waals surface area contributed by atoms with E-state index in [2.05, 4.69) is 14.5 Å². The van der Waals surface area contributed by atoms with Gasteiger partial charge >= 0.3 is 11.9 Å². The number of carbonyl (C=O) groups is 2. The molecule has 0 heterocycles. The Bertz CT molecular complexity index is 304. The van der Waals surface area contributed by atoms with E-state index in [1.54, 1.807) is 6.92 Å². The van der Waals surface area contributed by atoms with Crippen molar-refractivity contribution in [2.75, 3.05) is 6.61 Å². The minimum Gasteiger partial charge on any atom is -0.463 e. The zero-order valence-corrected chi connectivity index (χ0v) is 8.43. The number of aliphatic imine (C=N–C) groups is 1. The summed E-state index contributed by atoms with van der Waals surface area (Å²) in [6.45, 7) is 3.26. The Labute approximate surface area is 86.6 Å². The molecule has 0 bridgehead atoms. The van der Waals surface area contributed by atoms with Crippen LogP contribution in [0.15, 0.2) is 17.1 Å². The third-order valence-corrected chi connectivity index (χ3v) is 1.16. The zero-order chi connectivity index (χ0) is 11.7. The third kappa shape index (κ3) is 7.16. The Morgan fingerprint density at radius 2 is 2.00 bits per heavy atom. The second-order valence-corrected chi connectivity index (χ2v) is 2.34. The number of esters is 2. The fraction of sp³-hybridized carbons (Fsp3) is 0.444. The van der Waals surface area contributed by atoms with Crippen molar-refractivity contribution < 1.29 is 23.9 Å². The summed E-state index contributed by atoms with van der Waals surface area (Å²) in [6, 6.07) is 0. The van der Waals surface area contributed by atoms with Gasteiger partial charge in [0.15, 0.2) is 0 Å². The van der Waals surface area contributed by atoms with Gasteiger partial charge in [0.2, 0.25) is 12.3 Å². The highest BCUT2D eigenvalue weighted by Crippen LogP contribution is 1.93. The number of nitrogens with zero attached hydrogens (tertiary/aromatic N) is 1. The first-order valence-corrected chi connectivity index (χ1v) is 4.22. The number of ether oxygens (including phenoxy) is 2. The molecule has 0 aromatic heterocycles. The fourth-order valence-electron chi connectivity index (χ4n) is 0.634. The van der Waals surface area contributed by atoms with Gasteiger partial charge in [-0.2, -0.15) is 4.99 Å². The van der Waals surface area contributed by atoms with Crippen molar-refractivity contribution in [1.82, 2.24) is 0 Å². The predicted octanol–water partition coefficient (Wildman–Crippen LogP) is 0.331. The average molecular weight is 213 g/mol. The molecule has 0 aliphatic rings. The fourth-order valence-corrected chi connectivity index (χ4v) is 0.634. The van der Waals surface area contributed by atoms with Gasteiger partial charge < -0.3 is 9.47 Å². The standard InChI is InChI=1S/C9H11NO5/c1-3-14-8(12)4-5-9(13)15-7(2)10-6-11/h4-5,7H,3H2,1-2H3/b5-4-. The lowest BCUT2D eigenvalue weighted by Crippen LogP contribution is -2.11.